The van der Waals surface area contributed by atoms with E-state index in [1.807, 2.05) is 0 Å². The van der Waals surface area contributed by atoms with Crippen LogP contribution in [0.25, 0.3) is 11.3 Å². The second kappa shape index (κ2) is 6.12. The number of halogens is 1. The minimum Gasteiger partial charge on any atom is -0.507 e. The molecule has 24 heavy (non-hydrogen) atoms. The van der Waals surface area contributed by atoms with E-state index in [1.165, 1.54) is 35.9 Å². The first-order valence-corrected chi connectivity index (χ1v) is 7.27. The van der Waals surface area contributed by atoms with Crippen molar-refractivity contribution in [3.8, 4) is 17.0 Å². The lowest BCUT2D eigenvalue weighted by Gasteiger charge is -2.12. The Morgan fingerprint density at radius 1 is 1.04 bits per heavy atom. The Morgan fingerprint density at radius 3 is 2.42 bits per heavy atom. The molecule has 3 rings (SSSR count). The minimum atomic E-state index is -0.636. The maximum absolute atomic E-state index is 13.4. The Hall–Kier alpha value is -3.21. The third-order valence-electron chi connectivity index (χ3n) is 3.79. The van der Waals surface area contributed by atoms with E-state index in [4.69, 9.17) is 0 Å². The molecule has 1 aromatic heterocycles. The zero-order valence-corrected chi connectivity index (χ0v) is 12.9. The molecule has 3 aromatic rings. The largest absolute Gasteiger partial charge is 0.507 e. The summed E-state index contributed by atoms with van der Waals surface area (Å²) in [5, 5.41) is 10.2. The van der Waals surface area contributed by atoms with E-state index in [0.29, 0.717) is 16.8 Å². The number of carbonyl (C=O) groups is 1. The zero-order valence-electron chi connectivity index (χ0n) is 12.9. The summed E-state index contributed by atoms with van der Waals surface area (Å²) in [4.78, 5) is 25.1. The summed E-state index contributed by atoms with van der Waals surface area (Å²) in [7, 11) is 1.48. The SMILES string of the molecule is Cn1c(-c2cccc(F)c2)cc(O)c(C(=O)c2ccccc2)c1=O. The number of hydrogen-bond donors (Lipinski definition) is 1. The molecule has 2 aromatic carbocycles. The lowest BCUT2D eigenvalue weighted by atomic mass is 10.0. The van der Waals surface area contributed by atoms with Gasteiger partial charge in [0.05, 0.1) is 5.69 Å². The molecule has 5 heteroatoms. The molecule has 0 fully saturated rings. The van der Waals surface area contributed by atoms with Crippen molar-refractivity contribution >= 4 is 5.78 Å². The van der Waals surface area contributed by atoms with Crippen LogP contribution in [0.4, 0.5) is 4.39 Å². The van der Waals surface area contributed by atoms with Gasteiger partial charge in [0.25, 0.3) is 5.56 Å². The van der Waals surface area contributed by atoms with Crippen LogP contribution in [0, 0.1) is 5.82 Å². The predicted molar refractivity (Wildman–Crippen MR) is 88.6 cm³/mol. The normalized spacial score (nSPS) is 10.6. The number of pyridine rings is 1. The average molecular weight is 323 g/mol. The van der Waals surface area contributed by atoms with Crippen LogP contribution in [-0.4, -0.2) is 15.5 Å². The van der Waals surface area contributed by atoms with Crippen LogP contribution >= 0.6 is 0 Å². The number of hydrogen-bond acceptors (Lipinski definition) is 3. The van der Waals surface area contributed by atoms with Gasteiger partial charge in [-0.05, 0) is 12.1 Å². The minimum absolute atomic E-state index is 0.302. The fourth-order valence-corrected chi connectivity index (χ4v) is 2.56. The lowest BCUT2D eigenvalue weighted by molar-refractivity contribution is 0.103. The molecule has 0 unspecified atom stereocenters. The van der Waals surface area contributed by atoms with Crippen LogP contribution in [0.15, 0.2) is 65.5 Å². The number of aromatic nitrogens is 1. The Morgan fingerprint density at radius 2 is 1.75 bits per heavy atom. The van der Waals surface area contributed by atoms with E-state index in [0.717, 1.165) is 0 Å². The van der Waals surface area contributed by atoms with E-state index >= 15 is 0 Å². The second-order valence-corrected chi connectivity index (χ2v) is 5.36. The van der Waals surface area contributed by atoms with Gasteiger partial charge in [-0.15, -0.1) is 0 Å². The van der Waals surface area contributed by atoms with E-state index in [2.05, 4.69) is 0 Å². The molecule has 0 spiro atoms. The molecule has 0 aliphatic rings. The van der Waals surface area contributed by atoms with Crippen LogP contribution in [0.1, 0.15) is 15.9 Å². The van der Waals surface area contributed by atoms with Gasteiger partial charge < -0.3 is 9.67 Å². The highest BCUT2D eigenvalue weighted by Crippen LogP contribution is 2.25. The smallest absolute Gasteiger partial charge is 0.265 e. The van der Waals surface area contributed by atoms with E-state index in [9.17, 15) is 19.1 Å². The predicted octanol–water partition coefficient (Wildman–Crippen LogP) is 3.13. The van der Waals surface area contributed by atoms with Crippen molar-refractivity contribution in [1.29, 1.82) is 0 Å². The summed E-state index contributed by atoms with van der Waals surface area (Å²) in [6.07, 6.45) is 0. The summed E-state index contributed by atoms with van der Waals surface area (Å²) >= 11 is 0. The molecule has 0 atom stereocenters. The van der Waals surface area contributed by atoms with Crippen LogP contribution < -0.4 is 5.56 Å². The van der Waals surface area contributed by atoms with Gasteiger partial charge in [0.1, 0.15) is 17.1 Å². The number of ketones is 1. The van der Waals surface area contributed by atoms with Crippen molar-refractivity contribution in [2.24, 2.45) is 7.05 Å². The molecule has 0 aliphatic carbocycles. The van der Waals surface area contributed by atoms with Crippen molar-refractivity contribution in [3.05, 3.63) is 88.0 Å². The van der Waals surface area contributed by atoms with Crippen molar-refractivity contribution in [2.75, 3.05) is 0 Å². The molecular weight excluding hydrogens is 309 g/mol. The molecule has 0 amide bonds. The highest BCUT2D eigenvalue weighted by molar-refractivity contribution is 6.10. The van der Waals surface area contributed by atoms with Crippen LogP contribution in [0.3, 0.4) is 0 Å². The Labute approximate surface area is 137 Å². The van der Waals surface area contributed by atoms with E-state index in [1.54, 1.807) is 36.4 Å². The summed E-state index contributed by atoms with van der Waals surface area (Å²) in [6.45, 7) is 0. The van der Waals surface area contributed by atoms with E-state index < -0.39 is 22.9 Å². The molecule has 1 heterocycles. The molecule has 0 aliphatic heterocycles. The molecule has 1 N–H and O–H groups in total. The fourth-order valence-electron chi connectivity index (χ4n) is 2.56. The topological polar surface area (TPSA) is 59.3 Å². The summed E-state index contributed by atoms with van der Waals surface area (Å²) in [5.41, 5.74) is 0.126. The van der Waals surface area contributed by atoms with Gasteiger partial charge in [-0.2, -0.15) is 0 Å². The standard InChI is InChI=1S/C19H14FNO3/c1-21-15(13-8-5-9-14(20)10-13)11-16(22)17(19(21)24)18(23)12-6-3-2-4-7-12/h2-11,22H,1H3. The summed E-state index contributed by atoms with van der Waals surface area (Å²) < 4.78 is 14.6. The van der Waals surface area contributed by atoms with Gasteiger partial charge in [-0.3, -0.25) is 9.59 Å². The quantitative estimate of drug-likeness (QED) is 0.753. The first-order chi connectivity index (χ1) is 11.5. The highest BCUT2D eigenvalue weighted by atomic mass is 19.1. The van der Waals surface area contributed by atoms with Crippen molar-refractivity contribution < 1.29 is 14.3 Å². The fraction of sp³-hybridized carbons (Fsp3) is 0.0526. The number of aromatic hydroxyl groups is 1. The van der Waals surface area contributed by atoms with Gasteiger partial charge in [0.2, 0.25) is 5.78 Å². The number of benzene rings is 2. The highest BCUT2D eigenvalue weighted by Gasteiger charge is 2.21. The van der Waals surface area contributed by atoms with E-state index in [-0.39, 0.29) is 5.56 Å². The Balaban J connectivity index is 2.17. The number of rotatable bonds is 3. The first kappa shape index (κ1) is 15.7. The zero-order chi connectivity index (χ0) is 17.3. The molecular formula is C19H14FNO3. The third-order valence-corrected chi connectivity index (χ3v) is 3.79. The molecule has 0 bridgehead atoms. The second-order valence-electron chi connectivity index (χ2n) is 5.36. The van der Waals surface area contributed by atoms with Gasteiger partial charge in [0.15, 0.2) is 0 Å². The summed E-state index contributed by atoms with van der Waals surface area (Å²) in [5.74, 6) is -1.44. The van der Waals surface area contributed by atoms with Crippen molar-refractivity contribution in [1.82, 2.24) is 4.57 Å². The molecule has 0 saturated carbocycles. The van der Waals surface area contributed by atoms with Crippen molar-refractivity contribution in [2.45, 2.75) is 0 Å². The Kier molecular flexibility index (Phi) is 4.00. The van der Waals surface area contributed by atoms with Crippen LogP contribution in [0.2, 0.25) is 0 Å². The van der Waals surface area contributed by atoms with Gasteiger partial charge in [-0.25, -0.2) is 4.39 Å². The third kappa shape index (κ3) is 2.72. The number of carbonyl (C=O) groups excluding carboxylic acids is 1. The molecule has 0 saturated heterocycles. The maximum atomic E-state index is 13.4. The van der Waals surface area contributed by atoms with Crippen LogP contribution in [0.5, 0.6) is 5.75 Å². The number of nitrogens with zero attached hydrogens (tertiary/aromatic N) is 1. The van der Waals surface area contributed by atoms with Crippen molar-refractivity contribution in [3.63, 3.8) is 0 Å². The lowest BCUT2D eigenvalue weighted by Crippen LogP contribution is -2.26. The van der Waals surface area contributed by atoms with Gasteiger partial charge in [0, 0.05) is 24.2 Å². The monoisotopic (exact) mass is 323 g/mol. The first-order valence-electron chi connectivity index (χ1n) is 7.27. The van der Waals surface area contributed by atoms with Gasteiger partial charge in [-0.1, -0.05) is 42.5 Å². The Bertz CT molecular complexity index is 978. The summed E-state index contributed by atoms with van der Waals surface area (Å²) in [6, 6.07) is 15.2. The molecule has 120 valence electrons. The maximum Gasteiger partial charge on any atom is 0.265 e. The molecule has 4 nitrogen and oxygen atoms in total. The van der Waals surface area contributed by atoms with Gasteiger partial charge >= 0.3 is 0 Å². The van der Waals surface area contributed by atoms with Crippen LogP contribution in [-0.2, 0) is 7.05 Å². The molecule has 0 radical (unpaired) electrons. The average Bonchev–Trinajstić information content (AvgIpc) is 2.59.